The second-order valence-electron chi connectivity index (χ2n) is 7.99. The van der Waals surface area contributed by atoms with Gasteiger partial charge in [0, 0.05) is 37.6 Å². The van der Waals surface area contributed by atoms with Crippen LogP contribution in [0.15, 0.2) is 60.9 Å². The Balaban J connectivity index is 1.35. The van der Waals surface area contributed by atoms with Crippen LogP contribution in [0.3, 0.4) is 0 Å². The Morgan fingerprint density at radius 1 is 1.06 bits per heavy atom. The van der Waals surface area contributed by atoms with E-state index in [4.69, 9.17) is 4.74 Å². The Morgan fingerprint density at radius 3 is 2.45 bits per heavy atom. The first-order valence-corrected chi connectivity index (χ1v) is 10.7. The Kier molecular flexibility index (Phi) is 6.46. The van der Waals surface area contributed by atoms with E-state index in [9.17, 15) is 4.79 Å². The summed E-state index contributed by atoms with van der Waals surface area (Å²) in [4.78, 5) is 24.0. The third-order valence-corrected chi connectivity index (χ3v) is 5.72. The van der Waals surface area contributed by atoms with E-state index in [1.807, 2.05) is 36.7 Å². The molecular weight excluding hydrogens is 388 g/mol. The highest BCUT2D eigenvalue weighted by Crippen LogP contribution is 2.23. The van der Waals surface area contributed by atoms with Crippen LogP contribution in [0.1, 0.15) is 24.0 Å². The maximum Gasteiger partial charge on any atom is 0.225 e. The van der Waals surface area contributed by atoms with Gasteiger partial charge in [0.2, 0.25) is 11.9 Å². The molecule has 0 bridgehead atoms. The summed E-state index contributed by atoms with van der Waals surface area (Å²) in [5.74, 6) is 1.51. The number of aromatic nitrogens is 2. The molecule has 6 nitrogen and oxygen atoms in total. The highest BCUT2D eigenvalue weighted by Gasteiger charge is 2.27. The predicted molar refractivity (Wildman–Crippen MR) is 122 cm³/mol. The van der Waals surface area contributed by atoms with Crippen LogP contribution in [-0.4, -0.2) is 36.1 Å². The van der Waals surface area contributed by atoms with Crippen LogP contribution < -0.4 is 15.0 Å². The van der Waals surface area contributed by atoms with Crippen molar-refractivity contribution in [3.05, 3.63) is 72.1 Å². The van der Waals surface area contributed by atoms with Gasteiger partial charge in [-0.2, -0.15) is 0 Å². The average Bonchev–Trinajstić information content (AvgIpc) is 2.83. The Morgan fingerprint density at radius 2 is 1.77 bits per heavy atom. The second kappa shape index (κ2) is 9.60. The molecule has 0 spiro atoms. The standard InChI is InChI=1S/C25H28N4O2/c1-18-5-9-20(10-6-18)22-15-27-25(28-16-22)29-13-3-4-21(17-29)24(30)26-14-19-7-11-23(31-2)12-8-19/h5-12,15-16,21H,3-4,13-14,17H2,1-2H3,(H,26,30)/t21-/m1/s1. The number of nitrogens with zero attached hydrogens (tertiary/aromatic N) is 3. The number of hydrogen-bond acceptors (Lipinski definition) is 5. The number of methoxy groups -OCH3 is 1. The summed E-state index contributed by atoms with van der Waals surface area (Å²) < 4.78 is 5.18. The fraction of sp³-hybridized carbons (Fsp3) is 0.320. The maximum absolute atomic E-state index is 12.7. The second-order valence-corrected chi connectivity index (χ2v) is 7.99. The number of rotatable bonds is 6. The minimum atomic E-state index is -0.0626. The van der Waals surface area contributed by atoms with Gasteiger partial charge in [-0.15, -0.1) is 0 Å². The van der Waals surface area contributed by atoms with Crippen LogP contribution in [0.2, 0.25) is 0 Å². The summed E-state index contributed by atoms with van der Waals surface area (Å²) in [5.41, 5.74) is 4.38. The molecule has 1 aliphatic heterocycles. The summed E-state index contributed by atoms with van der Waals surface area (Å²) in [6.45, 7) is 4.09. The van der Waals surface area contributed by atoms with Gasteiger partial charge in [0.1, 0.15) is 5.75 Å². The molecule has 1 aromatic heterocycles. The van der Waals surface area contributed by atoms with Crippen molar-refractivity contribution in [1.29, 1.82) is 0 Å². The molecule has 0 saturated carbocycles. The number of anilines is 1. The van der Waals surface area contributed by atoms with Gasteiger partial charge in [-0.3, -0.25) is 4.79 Å². The number of piperidine rings is 1. The largest absolute Gasteiger partial charge is 0.497 e. The van der Waals surface area contributed by atoms with Crippen molar-refractivity contribution in [2.24, 2.45) is 5.92 Å². The van der Waals surface area contributed by atoms with E-state index >= 15 is 0 Å². The van der Waals surface area contributed by atoms with E-state index in [0.717, 1.165) is 41.8 Å². The van der Waals surface area contributed by atoms with Gasteiger partial charge in [-0.1, -0.05) is 42.0 Å². The molecule has 1 fully saturated rings. The maximum atomic E-state index is 12.7. The van der Waals surface area contributed by atoms with Crippen molar-refractivity contribution in [3.63, 3.8) is 0 Å². The van der Waals surface area contributed by atoms with E-state index in [1.165, 1.54) is 5.56 Å². The Hall–Kier alpha value is -3.41. The molecule has 0 radical (unpaired) electrons. The predicted octanol–water partition coefficient (Wildman–Crippen LogP) is 3.99. The first kappa shape index (κ1) is 20.8. The van der Waals surface area contributed by atoms with Crippen LogP contribution in [0.4, 0.5) is 5.95 Å². The van der Waals surface area contributed by atoms with Crippen LogP contribution in [0.5, 0.6) is 5.75 Å². The molecule has 2 aromatic carbocycles. The summed E-state index contributed by atoms with van der Waals surface area (Å²) in [6, 6.07) is 16.1. The molecule has 1 N–H and O–H groups in total. The zero-order valence-electron chi connectivity index (χ0n) is 18.0. The van der Waals surface area contributed by atoms with Gasteiger partial charge in [0.25, 0.3) is 0 Å². The zero-order valence-corrected chi connectivity index (χ0v) is 18.0. The lowest BCUT2D eigenvalue weighted by Gasteiger charge is -2.32. The number of aryl methyl sites for hydroxylation is 1. The molecule has 0 unspecified atom stereocenters. The van der Waals surface area contributed by atoms with Crippen molar-refractivity contribution in [2.75, 3.05) is 25.1 Å². The Labute approximate surface area is 183 Å². The van der Waals surface area contributed by atoms with E-state index in [0.29, 0.717) is 19.0 Å². The minimum absolute atomic E-state index is 0.0626. The van der Waals surface area contributed by atoms with Crippen LogP contribution >= 0.6 is 0 Å². The number of amides is 1. The minimum Gasteiger partial charge on any atom is -0.497 e. The number of carbonyl (C=O) groups excluding carboxylic acids is 1. The number of carbonyl (C=O) groups is 1. The Bertz CT molecular complexity index is 1000. The molecular formula is C25H28N4O2. The number of benzene rings is 2. The van der Waals surface area contributed by atoms with Crippen molar-refractivity contribution < 1.29 is 9.53 Å². The lowest BCUT2D eigenvalue weighted by molar-refractivity contribution is -0.125. The monoisotopic (exact) mass is 416 g/mol. The normalized spacial score (nSPS) is 16.1. The fourth-order valence-electron chi connectivity index (χ4n) is 3.83. The van der Waals surface area contributed by atoms with Crippen LogP contribution in [0.25, 0.3) is 11.1 Å². The molecule has 0 aliphatic carbocycles. The molecule has 31 heavy (non-hydrogen) atoms. The van der Waals surface area contributed by atoms with Crippen molar-refractivity contribution in [1.82, 2.24) is 15.3 Å². The zero-order chi connectivity index (χ0) is 21.6. The quantitative estimate of drug-likeness (QED) is 0.658. The van der Waals surface area contributed by atoms with Crippen molar-refractivity contribution in [2.45, 2.75) is 26.3 Å². The molecule has 2 heterocycles. The lowest BCUT2D eigenvalue weighted by atomic mass is 9.97. The SMILES string of the molecule is COc1ccc(CNC(=O)[C@@H]2CCCN(c3ncc(-c4ccc(C)cc4)cn3)C2)cc1. The average molecular weight is 417 g/mol. The highest BCUT2D eigenvalue weighted by molar-refractivity contribution is 5.79. The molecule has 1 saturated heterocycles. The molecule has 4 rings (SSSR count). The van der Waals surface area contributed by atoms with Crippen LogP contribution in [-0.2, 0) is 11.3 Å². The van der Waals surface area contributed by atoms with Crippen molar-refractivity contribution >= 4 is 11.9 Å². The van der Waals surface area contributed by atoms with Gasteiger partial charge < -0.3 is 15.0 Å². The molecule has 1 amide bonds. The van der Waals surface area contributed by atoms with Gasteiger partial charge in [0.05, 0.1) is 13.0 Å². The summed E-state index contributed by atoms with van der Waals surface area (Å²) >= 11 is 0. The summed E-state index contributed by atoms with van der Waals surface area (Å²) in [7, 11) is 1.64. The molecule has 3 aromatic rings. The number of ether oxygens (including phenoxy) is 1. The molecule has 6 heteroatoms. The fourth-order valence-corrected chi connectivity index (χ4v) is 3.83. The summed E-state index contributed by atoms with van der Waals surface area (Å²) in [5, 5.41) is 3.07. The van der Waals surface area contributed by atoms with Gasteiger partial charge >= 0.3 is 0 Å². The van der Waals surface area contributed by atoms with Gasteiger partial charge in [-0.25, -0.2) is 9.97 Å². The van der Waals surface area contributed by atoms with E-state index in [1.54, 1.807) is 7.11 Å². The van der Waals surface area contributed by atoms with Crippen molar-refractivity contribution in [3.8, 4) is 16.9 Å². The number of hydrogen-bond donors (Lipinski definition) is 1. The molecule has 1 aliphatic rings. The van der Waals surface area contributed by atoms with Crippen LogP contribution in [0, 0.1) is 12.8 Å². The lowest BCUT2D eigenvalue weighted by Crippen LogP contribution is -2.43. The first-order chi connectivity index (χ1) is 15.1. The third-order valence-electron chi connectivity index (χ3n) is 5.72. The molecule has 160 valence electrons. The first-order valence-electron chi connectivity index (χ1n) is 10.7. The van der Waals surface area contributed by atoms with Gasteiger partial charge in [0.15, 0.2) is 0 Å². The summed E-state index contributed by atoms with van der Waals surface area (Å²) in [6.07, 6.45) is 5.55. The third kappa shape index (κ3) is 5.20. The smallest absolute Gasteiger partial charge is 0.225 e. The van der Waals surface area contributed by atoms with E-state index in [-0.39, 0.29) is 11.8 Å². The van der Waals surface area contributed by atoms with E-state index in [2.05, 4.69) is 51.4 Å². The highest BCUT2D eigenvalue weighted by atomic mass is 16.5. The number of nitrogens with one attached hydrogen (secondary N) is 1. The van der Waals surface area contributed by atoms with E-state index < -0.39 is 0 Å². The molecule has 1 atom stereocenters. The topological polar surface area (TPSA) is 67.3 Å². The van der Waals surface area contributed by atoms with Gasteiger partial charge in [-0.05, 0) is 43.0 Å².